The molecule has 6 nitrogen and oxygen atoms in total. The maximum absolute atomic E-state index is 11.2. The summed E-state index contributed by atoms with van der Waals surface area (Å²) in [7, 11) is 1.62. The molecule has 1 heterocycles. The molecule has 0 aliphatic heterocycles. The summed E-state index contributed by atoms with van der Waals surface area (Å²) in [5, 5.41) is 11.9. The predicted molar refractivity (Wildman–Crippen MR) is 71.3 cm³/mol. The lowest BCUT2D eigenvalue weighted by atomic mass is 10.1. The number of H-pyrrole nitrogens is 1. The number of nitrogens with zero attached hydrogens (tertiary/aromatic N) is 2. The van der Waals surface area contributed by atoms with Gasteiger partial charge in [0.15, 0.2) is 5.16 Å². The summed E-state index contributed by atoms with van der Waals surface area (Å²) < 4.78 is 1.41. The molecule has 19 heavy (non-hydrogen) atoms. The third-order valence-corrected chi connectivity index (χ3v) is 3.68. The minimum atomic E-state index is -0.802. The SMILES string of the molecule is Cc1cc(Sc2nc(=O)c(=O)[nH]n2C)ccc1CO. The van der Waals surface area contributed by atoms with E-state index in [2.05, 4.69) is 10.1 Å². The van der Waals surface area contributed by atoms with Crippen molar-refractivity contribution in [3.63, 3.8) is 0 Å². The highest BCUT2D eigenvalue weighted by molar-refractivity contribution is 7.99. The molecular weight excluding hydrogens is 266 g/mol. The number of aliphatic hydroxyl groups is 1. The van der Waals surface area contributed by atoms with E-state index in [1.54, 1.807) is 7.05 Å². The molecule has 0 saturated carbocycles. The third kappa shape index (κ3) is 2.94. The summed E-state index contributed by atoms with van der Waals surface area (Å²) >= 11 is 1.27. The van der Waals surface area contributed by atoms with E-state index in [-0.39, 0.29) is 6.61 Å². The third-order valence-electron chi connectivity index (χ3n) is 2.64. The second-order valence-corrected chi connectivity index (χ2v) is 5.09. The fourth-order valence-electron chi connectivity index (χ4n) is 1.57. The first-order chi connectivity index (χ1) is 9.01. The molecule has 0 aliphatic carbocycles. The van der Waals surface area contributed by atoms with Gasteiger partial charge in [0.25, 0.3) is 0 Å². The summed E-state index contributed by atoms with van der Waals surface area (Å²) in [6, 6.07) is 5.55. The number of hydrogen-bond donors (Lipinski definition) is 2. The molecule has 0 aliphatic rings. The van der Waals surface area contributed by atoms with Crippen molar-refractivity contribution in [1.29, 1.82) is 0 Å². The Morgan fingerprint density at radius 3 is 2.79 bits per heavy atom. The lowest BCUT2D eigenvalue weighted by Crippen LogP contribution is -2.33. The van der Waals surface area contributed by atoms with Gasteiger partial charge >= 0.3 is 11.1 Å². The number of aliphatic hydroxyl groups excluding tert-OH is 1. The average Bonchev–Trinajstić information content (AvgIpc) is 2.36. The van der Waals surface area contributed by atoms with Crippen molar-refractivity contribution >= 4 is 11.8 Å². The van der Waals surface area contributed by atoms with Gasteiger partial charge in [0, 0.05) is 11.9 Å². The van der Waals surface area contributed by atoms with E-state index in [1.807, 2.05) is 25.1 Å². The van der Waals surface area contributed by atoms with Crippen molar-refractivity contribution in [3.8, 4) is 0 Å². The van der Waals surface area contributed by atoms with Crippen LogP contribution in [-0.4, -0.2) is 19.9 Å². The van der Waals surface area contributed by atoms with Crippen molar-refractivity contribution in [2.75, 3.05) is 0 Å². The number of rotatable bonds is 3. The highest BCUT2D eigenvalue weighted by atomic mass is 32.2. The van der Waals surface area contributed by atoms with Gasteiger partial charge in [-0.05, 0) is 30.2 Å². The molecule has 100 valence electrons. The van der Waals surface area contributed by atoms with Crippen LogP contribution in [0.25, 0.3) is 0 Å². The smallest absolute Gasteiger partial charge is 0.339 e. The molecule has 0 unspecified atom stereocenters. The van der Waals surface area contributed by atoms with Gasteiger partial charge in [-0.2, -0.15) is 4.98 Å². The minimum absolute atomic E-state index is 0.00777. The van der Waals surface area contributed by atoms with Crippen LogP contribution >= 0.6 is 11.8 Å². The van der Waals surface area contributed by atoms with Gasteiger partial charge in [0.2, 0.25) is 0 Å². The number of aromatic nitrogens is 3. The van der Waals surface area contributed by atoms with E-state index < -0.39 is 11.1 Å². The van der Waals surface area contributed by atoms with Crippen LogP contribution < -0.4 is 11.1 Å². The second kappa shape index (κ2) is 5.41. The predicted octanol–water partition coefficient (Wildman–Crippen LogP) is 0.421. The van der Waals surface area contributed by atoms with Crippen LogP contribution in [0.4, 0.5) is 0 Å². The first-order valence-corrected chi connectivity index (χ1v) is 6.38. The summed E-state index contributed by atoms with van der Waals surface area (Å²) in [6.07, 6.45) is 0. The quantitative estimate of drug-likeness (QED) is 0.795. The first-order valence-electron chi connectivity index (χ1n) is 5.57. The standard InChI is InChI=1S/C12H13N3O3S/c1-7-5-9(4-3-8(7)6-16)19-12-13-10(17)11(18)14-15(12)2/h3-5,16H,6H2,1-2H3,(H,14,18). The lowest BCUT2D eigenvalue weighted by Gasteiger charge is -2.08. The Balaban J connectivity index is 2.36. The summed E-state index contributed by atoms with van der Waals surface area (Å²) in [4.78, 5) is 26.9. The van der Waals surface area contributed by atoms with Gasteiger partial charge in [0.1, 0.15) is 0 Å². The topological polar surface area (TPSA) is 88.0 Å². The largest absolute Gasteiger partial charge is 0.392 e. The van der Waals surface area contributed by atoms with Gasteiger partial charge in [-0.3, -0.25) is 19.4 Å². The van der Waals surface area contributed by atoms with Crippen molar-refractivity contribution < 1.29 is 5.11 Å². The van der Waals surface area contributed by atoms with Crippen LogP contribution in [0.2, 0.25) is 0 Å². The van der Waals surface area contributed by atoms with Crippen LogP contribution in [0, 0.1) is 6.92 Å². The summed E-state index contributed by atoms with van der Waals surface area (Å²) in [6.45, 7) is 1.89. The molecule has 0 saturated heterocycles. The molecule has 1 aromatic carbocycles. The van der Waals surface area contributed by atoms with Gasteiger partial charge in [0.05, 0.1) is 6.61 Å². The van der Waals surface area contributed by atoms with Gasteiger partial charge in [-0.25, -0.2) is 0 Å². The Bertz CT molecular complexity index is 721. The van der Waals surface area contributed by atoms with Gasteiger partial charge in [-0.1, -0.05) is 17.8 Å². The first kappa shape index (κ1) is 13.6. The fourth-order valence-corrected chi connectivity index (χ4v) is 2.46. The monoisotopic (exact) mass is 279 g/mol. The zero-order valence-corrected chi connectivity index (χ0v) is 11.3. The van der Waals surface area contributed by atoms with Crippen molar-refractivity contribution in [3.05, 3.63) is 50.0 Å². The number of hydrogen-bond acceptors (Lipinski definition) is 5. The zero-order valence-electron chi connectivity index (χ0n) is 10.5. The number of nitrogens with one attached hydrogen (secondary N) is 1. The van der Waals surface area contributed by atoms with Crippen LogP contribution in [0.3, 0.4) is 0 Å². The minimum Gasteiger partial charge on any atom is -0.392 e. The fraction of sp³-hybridized carbons (Fsp3) is 0.250. The molecule has 2 aromatic rings. The zero-order chi connectivity index (χ0) is 14.0. The molecule has 7 heteroatoms. The molecule has 0 amide bonds. The van der Waals surface area contributed by atoms with E-state index >= 15 is 0 Å². The average molecular weight is 279 g/mol. The number of aromatic amines is 1. The summed E-state index contributed by atoms with van der Waals surface area (Å²) in [5.74, 6) is 0. The van der Waals surface area contributed by atoms with E-state index in [0.717, 1.165) is 16.0 Å². The van der Waals surface area contributed by atoms with Crippen LogP contribution in [0.1, 0.15) is 11.1 Å². The molecule has 2 N–H and O–H groups in total. The Kier molecular flexibility index (Phi) is 3.87. The number of aryl methyl sites for hydroxylation is 2. The lowest BCUT2D eigenvalue weighted by molar-refractivity contribution is 0.281. The molecule has 0 fully saturated rings. The molecule has 2 rings (SSSR count). The number of benzene rings is 1. The van der Waals surface area contributed by atoms with Crippen molar-refractivity contribution in [2.24, 2.45) is 7.05 Å². The maximum atomic E-state index is 11.2. The highest BCUT2D eigenvalue weighted by Crippen LogP contribution is 2.26. The Labute approximate surface area is 113 Å². The van der Waals surface area contributed by atoms with Crippen LogP contribution in [0.15, 0.2) is 37.8 Å². The van der Waals surface area contributed by atoms with Crippen molar-refractivity contribution in [2.45, 2.75) is 23.6 Å². The van der Waals surface area contributed by atoms with Gasteiger partial charge in [-0.15, -0.1) is 0 Å². The summed E-state index contributed by atoms with van der Waals surface area (Å²) in [5.41, 5.74) is 0.276. The second-order valence-electron chi connectivity index (χ2n) is 4.05. The molecule has 0 radical (unpaired) electrons. The maximum Gasteiger partial charge on any atom is 0.339 e. The van der Waals surface area contributed by atoms with E-state index in [0.29, 0.717) is 5.16 Å². The van der Waals surface area contributed by atoms with E-state index in [4.69, 9.17) is 5.11 Å². The molecule has 0 bridgehead atoms. The molecule has 0 spiro atoms. The molecule has 1 aromatic heterocycles. The van der Waals surface area contributed by atoms with Crippen molar-refractivity contribution in [1.82, 2.24) is 14.8 Å². The van der Waals surface area contributed by atoms with Crippen LogP contribution in [-0.2, 0) is 13.7 Å². The highest BCUT2D eigenvalue weighted by Gasteiger charge is 2.07. The molecule has 0 atom stereocenters. The van der Waals surface area contributed by atoms with E-state index in [9.17, 15) is 9.59 Å². The van der Waals surface area contributed by atoms with Crippen LogP contribution in [0.5, 0.6) is 0 Å². The Hall–Kier alpha value is -1.86. The Morgan fingerprint density at radius 2 is 2.16 bits per heavy atom. The normalized spacial score (nSPS) is 10.7. The molecular formula is C12H13N3O3S. The Morgan fingerprint density at radius 1 is 1.42 bits per heavy atom. The van der Waals surface area contributed by atoms with Gasteiger partial charge < -0.3 is 5.11 Å². The van der Waals surface area contributed by atoms with E-state index in [1.165, 1.54) is 16.4 Å².